The number of hydrogen-bond acceptors (Lipinski definition) is 6. The van der Waals surface area contributed by atoms with Crippen LogP contribution < -0.4 is 10.6 Å². The highest BCUT2D eigenvalue weighted by Gasteiger charge is 2.33. The van der Waals surface area contributed by atoms with Crippen molar-refractivity contribution >= 4 is 116 Å². The Morgan fingerprint density at radius 2 is 0.338 bits per heavy atom. The number of carbonyl (C=O) groups is 2. The molecule has 6 aromatic heterocycles. The number of benzene rings is 9. The molecular weight excluding hydrogens is 1810 g/mol. The molecule has 9 aromatic carbocycles. The fraction of sp³-hybridized carbons (Fsp3) is 0.294. The predicted octanol–water partition coefficient (Wildman–Crippen LogP) is 36.4. The quantitative estimate of drug-likeness (QED) is 0.0710. The third kappa shape index (κ3) is 20.7. The van der Waals surface area contributed by atoms with Crippen molar-refractivity contribution < 1.29 is 9.59 Å². The van der Waals surface area contributed by atoms with E-state index in [4.69, 9.17) is 19.9 Å². The average Bonchev–Trinajstić information content (AvgIpc) is 1.58. The normalized spacial score (nSPS) is 13.3. The number of para-hydroxylation sites is 1. The van der Waals surface area contributed by atoms with Crippen LogP contribution in [0.25, 0.3) is 182 Å². The number of anilines is 2. The van der Waals surface area contributed by atoms with Crippen molar-refractivity contribution in [3.63, 3.8) is 0 Å². The van der Waals surface area contributed by atoms with Gasteiger partial charge in [0.1, 0.15) is 0 Å². The lowest BCUT2D eigenvalue weighted by atomic mass is 9.78. The lowest BCUT2D eigenvalue weighted by Gasteiger charge is -2.26. The van der Waals surface area contributed by atoms with Crippen LogP contribution in [0.4, 0.5) is 11.4 Å². The van der Waals surface area contributed by atoms with E-state index in [0.29, 0.717) is 16.8 Å². The van der Waals surface area contributed by atoms with Crippen molar-refractivity contribution in [1.29, 1.82) is 0 Å². The summed E-state index contributed by atoms with van der Waals surface area (Å²) in [5.74, 6) is -0.471. The van der Waals surface area contributed by atoms with Crippen molar-refractivity contribution in [2.75, 3.05) is 10.6 Å². The lowest BCUT2D eigenvalue weighted by Crippen LogP contribution is -2.16. The fourth-order valence-corrected chi connectivity index (χ4v) is 20.3. The minimum absolute atomic E-state index is 0.162. The summed E-state index contributed by atoms with van der Waals surface area (Å²) in [6, 6.07) is 86.8. The number of H-pyrrole nitrogens is 4. The maximum absolute atomic E-state index is 15.4. The van der Waals surface area contributed by atoms with Gasteiger partial charge in [0, 0.05) is 111 Å². The summed E-state index contributed by atoms with van der Waals surface area (Å²) in [5.41, 5.74) is 41.4. The van der Waals surface area contributed by atoms with Crippen molar-refractivity contribution in [2.45, 2.75) is 262 Å². The van der Waals surface area contributed by atoms with Gasteiger partial charge in [-0.2, -0.15) is 0 Å². The summed E-state index contributed by atoms with van der Waals surface area (Å²) in [6.45, 7) is 68.8. The molecule has 0 radical (unpaired) electrons. The van der Waals surface area contributed by atoms with Crippen molar-refractivity contribution in [1.82, 2.24) is 39.9 Å². The smallest absolute Gasteiger partial charge is 0.255 e. The lowest BCUT2D eigenvalue weighted by molar-refractivity contribution is 0.101. The first-order valence-corrected chi connectivity index (χ1v) is 52.5. The summed E-state index contributed by atoms with van der Waals surface area (Å²) in [4.78, 5) is 69.2. The third-order valence-electron chi connectivity index (χ3n) is 29.6. The number of nitrogens with zero attached hydrogens (tertiary/aromatic N) is 4. The molecule has 19 rings (SSSR count). The first-order valence-electron chi connectivity index (χ1n) is 52.5. The van der Waals surface area contributed by atoms with E-state index < -0.39 is 0 Å². The van der Waals surface area contributed by atoms with Gasteiger partial charge in [0.15, 0.2) is 0 Å². The zero-order chi connectivity index (χ0) is 106. The van der Waals surface area contributed by atoms with Crippen LogP contribution >= 0.6 is 0 Å². The molecule has 0 saturated heterocycles. The molecule has 6 N–H and O–H groups in total. The highest BCUT2D eigenvalue weighted by atomic mass is 16.2. The Morgan fingerprint density at radius 3 is 0.507 bits per heavy atom. The molecule has 0 saturated carbocycles. The Hall–Kier alpha value is -14.9. The Morgan fingerprint density at radius 1 is 0.182 bits per heavy atom. The standard InChI is InChI=1S/C136H144N10O2/c1-127(2,3)89-64-84(65-90(74-89)128(4,5)6)120-107-54-48-101(139-107)117(79-36-40-82(41-37-79)125(147)137-99-34-32-31-33-35-99)102-49-55-108(140-102)121(85-66-91(129(7,8)9)75-92(67-85)130(10,11)12)110-57-51-104(142-110)118(103-50-56-109(120)141-103)80-38-42-83(43-39-80)126(148)138-100-46-44-81(45-47-100)119-105-52-58-111(143-105)122(86-68-93(131(13,14)15)76-94(69-86)132(16,17)18)113-60-62-115(145-113)124(88-72-97(135(25,26)27)78-98(73-88)136(28,29)30)116-63-61-114(146-116)123(112-59-53-106(119)144-112)87-70-95(133(19,20)21)77-96(71-87)134(22,23)24/h31-78,139,142-143,146H,1-30H3,(H,137,147)(H,138,148). The highest BCUT2D eigenvalue weighted by Crippen LogP contribution is 2.49. The summed E-state index contributed by atoms with van der Waals surface area (Å²) in [7, 11) is 0. The molecule has 0 unspecified atom stereocenters. The largest absolute Gasteiger partial charge is 0.354 e. The first kappa shape index (κ1) is 102. The van der Waals surface area contributed by atoms with Gasteiger partial charge < -0.3 is 30.6 Å². The summed E-state index contributed by atoms with van der Waals surface area (Å²) < 4.78 is 0. The van der Waals surface area contributed by atoms with E-state index in [2.05, 4.69) is 451 Å². The van der Waals surface area contributed by atoms with Gasteiger partial charge in [0.2, 0.25) is 0 Å². The minimum atomic E-state index is -0.267. The average molecular weight is 1950 g/mol. The molecule has 148 heavy (non-hydrogen) atoms. The van der Waals surface area contributed by atoms with Gasteiger partial charge in [-0.15, -0.1) is 0 Å². The SMILES string of the molecule is CC(C)(C)c1cc(-c2c3nc(c(-c4ccc(C(=O)Nc5ccc(-c6c7nc(c(-c8cc(C(C)(C)C)cc(C(C)(C)C)c8)c8ccc([nH]8)c(-c8cc(C(C)(C)C)cc(C(C)(C)C)c8)c8nc(c(-c9cc(C(C)(C)C)cc(C(C)(C)C)c9)c9ccc6[nH]9)C=C8)C=C7)cc5)cc4)c4ccc([nH]4)c(-c4cc(C(C)(C)C)cc(C(C)(C)C)c4)c4nc(c(-c5ccc(C(=O)Nc6ccccc6)cc5)c5ccc2[nH]5)C=C4)C=C3)cc(C(C)(C)C)c1. The molecular formula is C136H144N10O2. The molecule has 16 bridgehead atoms. The van der Waals surface area contributed by atoms with Gasteiger partial charge in [-0.1, -0.05) is 353 Å². The molecule has 0 fully saturated rings. The van der Waals surface area contributed by atoms with E-state index in [-0.39, 0.29) is 66.0 Å². The Bertz CT molecular complexity index is 8070. The van der Waals surface area contributed by atoms with Crippen LogP contribution in [0.5, 0.6) is 0 Å². The van der Waals surface area contributed by atoms with Crippen LogP contribution in [-0.2, 0) is 54.1 Å². The second-order valence-corrected chi connectivity index (χ2v) is 51.5. The van der Waals surface area contributed by atoms with E-state index in [0.717, 1.165) is 184 Å². The zero-order valence-corrected chi connectivity index (χ0v) is 92.3. The van der Waals surface area contributed by atoms with Crippen LogP contribution in [0, 0.1) is 0 Å². The van der Waals surface area contributed by atoms with Crippen molar-refractivity contribution in [3.05, 3.63) is 355 Å². The van der Waals surface area contributed by atoms with Crippen molar-refractivity contribution in [2.24, 2.45) is 0 Å². The molecule has 10 heterocycles. The Balaban J connectivity index is 0.783. The predicted molar refractivity (Wildman–Crippen MR) is 631 cm³/mol. The van der Waals surface area contributed by atoms with Crippen molar-refractivity contribution in [3.8, 4) is 89.0 Å². The van der Waals surface area contributed by atoms with Gasteiger partial charge in [0.05, 0.1) is 45.6 Å². The van der Waals surface area contributed by atoms with Gasteiger partial charge in [-0.25, -0.2) is 19.9 Å². The summed E-state index contributed by atoms with van der Waals surface area (Å²) >= 11 is 0. The number of aromatic nitrogens is 8. The van der Waals surface area contributed by atoms with Crippen LogP contribution in [-0.4, -0.2) is 51.7 Å². The molecule has 0 atom stereocenters. The van der Waals surface area contributed by atoms with E-state index in [1.807, 2.05) is 78.9 Å². The van der Waals surface area contributed by atoms with Crippen LogP contribution in [0.2, 0.25) is 0 Å². The van der Waals surface area contributed by atoms with Crippen LogP contribution in [0.1, 0.15) is 330 Å². The summed E-state index contributed by atoms with van der Waals surface area (Å²) in [5, 5.41) is 6.44. The van der Waals surface area contributed by atoms with Crippen LogP contribution in [0.3, 0.4) is 0 Å². The van der Waals surface area contributed by atoms with E-state index in [1.54, 1.807) is 0 Å². The number of carbonyl (C=O) groups excluding carboxylic acids is 2. The molecule has 12 heteroatoms. The molecule has 12 nitrogen and oxygen atoms in total. The number of rotatable bonds is 12. The molecule has 4 aliphatic heterocycles. The van der Waals surface area contributed by atoms with Gasteiger partial charge in [-0.05, 0) is 300 Å². The van der Waals surface area contributed by atoms with Gasteiger partial charge >= 0.3 is 0 Å². The van der Waals surface area contributed by atoms with E-state index in [1.165, 1.54) is 55.6 Å². The maximum Gasteiger partial charge on any atom is 0.255 e. The topological polar surface area (TPSA) is 173 Å². The molecule has 4 aliphatic rings. The first-order chi connectivity index (χ1) is 69.4. The zero-order valence-electron chi connectivity index (χ0n) is 92.3. The number of hydrogen-bond donors (Lipinski definition) is 6. The summed E-state index contributed by atoms with van der Waals surface area (Å²) in [6.07, 6.45) is 17.4. The molecule has 0 aliphatic carbocycles. The van der Waals surface area contributed by atoms with Crippen LogP contribution in [0.15, 0.2) is 243 Å². The van der Waals surface area contributed by atoms with Gasteiger partial charge in [0.25, 0.3) is 11.8 Å². The molecule has 15 aromatic rings. The maximum atomic E-state index is 15.4. The Kier molecular flexibility index (Phi) is 25.6. The van der Waals surface area contributed by atoms with E-state index >= 15 is 4.79 Å². The fourth-order valence-electron chi connectivity index (χ4n) is 20.3. The number of fused-ring (bicyclic) bond motifs is 16. The number of amides is 2. The van der Waals surface area contributed by atoms with Gasteiger partial charge in [-0.3, -0.25) is 9.59 Å². The number of aromatic amines is 4. The minimum Gasteiger partial charge on any atom is -0.354 e. The second-order valence-electron chi connectivity index (χ2n) is 51.5. The third-order valence-corrected chi connectivity index (χ3v) is 29.6. The van der Waals surface area contributed by atoms with E-state index in [9.17, 15) is 4.79 Å². The highest BCUT2D eigenvalue weighted by molar-refractivity contribution is 6.08. The molecule has 750 valence electrons. The Labute approximate surface area is 876 Å². The number of nitrogens with one attached hydrogen (secondary N) is 6. The second kappa shape index (κ2) is 37.2. The monoisotopic (exact) mass is 1950 g/mol. The molecule has 2 amide bonds. The molecule has 0 spiro atoms.